The van der Waals surface area contributed by atoms with Crippen molar-refractivity contribution in [1.82, 2.24) is 9.88 Å². The van der Waals surface area contributed by atoms with Crippen molar-refractivity contribution >= 4 is 17.5 Å². The monoisotopic (exact) mass is 372 g/mol. The smallest absolute Gasteiger partial charge is 0.223 e. The largest absolute Gasteiger partial charge is 0.441 e. The van der Waals surface area contributed by atoms with Crippen LogP contribution in [-0.4, -0.2) is 28.4 Å². The van der Waals surface area contributed by atoms with Crippen LogP contribution in [0.25, 0.3) is 11.3 Å². The highest BCUT2D eigenvalue weighted by atomic mass is 35.5. The van der Waals surface area contributed by atoms with Crippen molar-refractivity contribution in [1.29, 1.82) is 0 Å². The van der Waals surface area contributed by atoms with E-state index in [1.54, 1.807) is 6.20 Å². The Hall–Kier alpha value is -1.81. The molecule has 1 amide bonds. The Bertz CT molecular complexity index is 754. The van der Waals surface area contributed by atoms with Crippen LogP contribution in [0.4, 0.5) is 0 Å². The number of fused-ring (bicyclic) bond motifs is 1. The molecule has 2 heterocycles. The molecule has 0 spiro atoms. The Morgan fingerprint density at radius 1 is 1.15 bits per heavy atom. The summed E-state index contributed by atoms with van der Waals surface area (Å²) < 4.78 is 5.83. The first-order chi connectivity index (χ1) is 12.7. The molecule has 2 fully saturated rings. The second-order valence-corrected chi connectivity index (χ2v) is 7.90. The van der Waals surface area contributed by atoms with Crippen molar-refractivity contribution in [2.45, 2.75) is 57.4 Å². The number of likely N-dealkylation sites (tertiary alicyclic amines) is 1. The topological polar surface area (TPSA) is 46.3 Å². The number of carbonyl (C=O) groups excluding carboxylic acids is 1. The van der Waals surface area contributed by atoms with Crippen LogP contribution in [0.15, 0.2) is 34.9 Å². The average Bonchev–Trinajstić information content (AvgIpc) is 3.15. The number of nitrogens with zero attached hydrogens (tertiary/aromatic N) is 2. The molecule has 1 aromatic heterocycles. The number of halogens is 1. The number of aryl methyl sites for hydroxylation is 1. The molecule has 0 unspecified atom stereocenters. The van der Waals surface area contributed by atoms with E-state index < -0.39 is 0 Å². The summed E-state index contributed by atoms with van der Waals surface area (Å²) in [6.45, 7) is 0.918. The first-order valence-electron chi connectivity index (χ1n) is 9.71. The fourth-order valence-corrected chi connectivity index (χ4v) is 4.59. The van der Waals surface area contributed by atoms with Gasteiger partial charge in [0, 0.05) is 36.0 Å². The summed E-state index contributed by atoms with van der Waals surface area (Å²) in [5.41, 5.74) is 0.945. The molecule has 4 rings (SSSR count). The third-order valence-electron chi connectivity index (χ3n) is 5.80. The molecule has 26 heavy (non-hydrogen) atoms. The summed E-state index contributed by atoms with van der Waals surface area (Å²) >= 11 is 5.92. The summed E-state index contributed by atoms with van der Waals surface area (Å²) in [4.78, 5) is 19.3. The molecule has 4 nitrogen and oxygen atoms in total. The zero-order valence-corrected chi connectivity index (χ0v) is 15.8. The van der Waals surface area contributed by atoms with Crippen LogP contribution in [-0.2, 0) is 11.2 Å². The van der Waals surface area contributed by atoms with Crippen LogP contribution in [0.2, 0.25) is 5.02 Å². The third kappa shape index (κ3) is 3.80. The van der Waals surface area contributed by atoms with Crippen LogP contribution in [0.3, 0.4) is 0 Å². The molecular weight excluding hydrogens is 348 g/mol. The minimum atomic E-state index is 0.257. The van der Waals surface area contributed by atoms with Gasteiger partial charge >= 0.3 is 0 Å². The Morgan fingerprint density at radius 3 is 2.77 bits per heavy atom. The van der Waals surface area contributed by atoms with Gasteiger partial charge in [-0.3, -0.25) is 4.79 Å². The van der Waals surface area contributed by atoms with Crippen molar-refractivity contribution in [2.24, 2.45) is 5.92 Å². The number of piperidine rings is 1. The van der Waals surface area contributed by atoms with E-state index in [9.17, 15) is 4.79 Å². The van der Waals surface area contributed by atoms with Crippen molar-refractivity contribution < 1.29 is 9.21 Å². The van der Waals surface area contributed by atoms with Gasteiger partial charge in [-0.2, -0.15) is 0 Å². The number of amides is 1. The lowest BCUT2D eigenvalue weighted by Gasteiger charge is -2.44. The van der Waals surface area contributed by atoms with Crippen molar-refractivity contribution in [3.05, 3.63) is 41.4 Å². The van der Waals surface area contributed by atoms with E-state index >= 15 is 0 Å². The van der Waals surface area contributed by atoms with Gasteiger partial charge in [-0.25, -0.2) is 4.98 Å². The molecule has 0 N–H and O–H groups in total. The third-order valence-corrected chi connectivity index (χ3v) is 6.05. The number of oxazole rings is 1. The maximum atomic E-state index is 12.8. The highest BCUT2D eigenvalue weighted by Crippen LogP contribution is 2.35. The quantitative estimate of drug-likeness (QED) is 0.749. The molecule has 1 saturated carbocycles. The second-order valence-electron chi connectivity index (χ2n) is 7.47. The first-order valence-corrected chi connectivity index (χ1v) is 10.1. The van der Waals surface area contributed by atoms with Gasteiger partial charge < -0.3 is 9.32 Å². The zero-order valence-electron chi connectivity index (χ0n) is 15.0. The number of rotatable bonds is 4. The number of aromatic nitrogens is 1. The van der Waals surface area contributed by atoms with Crippen molar-refractivity contribution in [2.75, 3.05) is 6.54 Å². The van der Waals surface area contributed by atoms with Crippen LogP contribution in [0.1, 0.15) is 50.8 Å². The lowest BCUT2D eigenvalue weighted by Crippen LogP contribution is -2.49. The summed E-state index contributed by atoms with van der Waals surface area (Å²) in [7, 11) is 0. The van der Waals surface area contributed by atoms with Gasteiger partial charge in [-0.1, -0.05) is 24.4 Å². The fraction of sp³-hybridized carbons (Fsp3) is 0.524. The first kappa shape index (κ1) is 17.6. The predicted octanol–water partition coefficient (Wildman–Crippen LogP) is 5.11. The van der Waals surface area contributed by atoms with E-state index in [-0.39, 0.29) is 5.91 Å². The number of hydrogen-bond acceptors (Lipinski definition) is 3. The van der Waals surface area contributed by atoms with E-state index in [0.29, 0.717) is 29.8 Å². The lowest BCUT2D eigenvalue weighted by molar-refractivity contribution is -0.137. The van der Waals surface area contributed by atoms with Gasteiger partial charge in [0.2, 0.25) is 5.91 Å². The number of benzene rings is 1. The Morgan fingerprint density at radius 2 is 1.92 bits per heavy atom. The lowest BCUT2D eigenvalue weighted by atomic mass is 9.78. The van der Waals surface area contributed by atoms with Gasteiger partial charge in [-0.05, 0) is 55.9 Å². The Labute approximate surface area is 159 Å². The second kappa shape index (κ2) is 7.83. The van der Waals surface area contributed by atoms with Crippen LogP contribution < -0.4 is 0 Å². The molecule has 5 heteroatoms. The maximum Gasteiger partial charge on any atom is 0.223 e. The van der Waals surface area contributed by atoms with Gasteiger partial charge in [0.15, 0.2) is 11.7 Å². The number of carbonyl (C=O) groups is 1. The average molecular weight is 373 g/mol. The SMILES string of the molecule is O=C(CCc1ncc(-c2ccc(Cl)cc2)o1)N1CCC[C@@H]2CCCC[C@@H]21. The van der Waals surface area contributed by atoms with Gasteiger partial charge in [-0.15, -0.1) is 0 Å². The Balaban J connectivity index is 1.36. The molecule has 1 aromatic carbocycles. The predicted molar refractivity (Wildman–Crippen MR) is 102 cm³/mol. The highest BCUT2D eigenvalue weighted by molar-refractivity contribution is 6.30. The normalized spacial score (nSPS) is 22.9. The molecular formula is C21H25ClN2O2. The number of hydrogen-bond donors (Lipinski definition) is 0. The molecule has 138 valence electrons. The summed E-state index contributed by atoms with van der Waals surface area (Å²) in [6.07, 6.45) is 10.2. The van der Waals surface area contributed by atoms with Gasteiger partial charge in [0.05, 0.1) is 6.20 Å². The molecule has 1 saturated heterocycles. The molecule has 2 atom stereocenters. The molecule has 2 aromatic rings. The molecule has 1 aliphatic carbocycles. The molecule has 2 aliphatic rings. The minimum absolute atomic E-state index is 0.257. The highest BCUT2D eigenvalue weighted by Gasteiger charge is 2.35. The molecule has 0 radical (unpaired) electrons. The van der Waals surface area contributed by atoms with E-state index in [0.717, 1.165) is 30.2 Å². The maximum absolute atomic E-state index is 12.8. The van der Waals surface area contributed by atoms with Gasteiger partial charge in [0.25, 0.3) is 0 Å². The summed E-state index contributed by atoms with van der Waals surface area (Å²) in [6, 6.07) is 7.96. The van der Waals surface area contributed by atoms with Crippen LogP contribution in [0.5, 0.6) is 0 Å². The fourth-order valence-electron chi connectivity index (χ4n) is 4.47. The van der Waals surface area contributed by atoms with Crippen molar-refractivity contribution in [3.63, 3.8) is 0 Å². The van der Waals surface area contributed by atoms with E-state index in [4.69, 9.17) is 16.0 Å². The summed E-state index contributed by atoms with van der Waals surface area (Å²) in [5, 5.41) is 0.696. The van der Waals surface area contributed by atoms with Gasteiger partial charge in [0.1, 0.15) is 0 Å². The van der Waals surface area contributed by atoms with Crippen molar-refractivity contribution in [3.8, 4) is 11.3 Å². The molecule has 0 bridgehead atoms. The van der Waals surface area contributed by atoms with E-state index in [1.165, 1.54) is 32.1 Å². The van der Waals surface area contributed by atoms with E-state index in [2.05, 4.69) is 9.88 Å². The Kier molecular flexibility index (Phi) is 5.30. The zero-order chi connectivity index (χ0) is 17.9. The van der Waals surface area contributed by atoms with Crippen LogP contribution in [0, 0.1) is 5.92 Å². The van der Waals surface area contributed by atoms with Crippen LogP contribution >= 0.6 is 11.6 Å². The van der Waals surface area contributed by atoms with E-state index in [1.807, 2.05) is 24.3 Å². The summed E-state index contributed by atoms with van der Waals surface area (Å²) in [5.74, 6) is 2.32. The molecule has 1 aliphatic heterocycles. The minimum Gasteiger partial charge on any atom is -0.441 e. The standard InChI is InChI=1S/C21H25ClN2O2/c22-17-9-7-16(8-10-17)19-14-23-20(26-19)11-12-21(25)24-13-3-5-15-4-1-2-6-18(15)24/h7-10,14-15,18H,1-6,11-13H2/t15-,18-/m0/s1.